The minimum Gasteiger partial charge on any atom is -0.299 e. The highest BCUT2D eigenvalue weighted by molar-refractivity contribution is 5.97. The van der Waals surface area contributed by atoms with Gasteiger partial charge in [-0.3, -0.25) is 14.5 Å². The molecule has 128 valence electrons. The molecule has 24 heavy (non-hydrogen) atoms. The first-order valence-electron chi connectivity index (χ1n) is 8.91. The van der Waals surface area contributed by atoms with Crippen LogP contribution in [0.25, 0.3) is 0 Å². The molecule has 0 heterocycles. The third kappa shape index (κ3) is 2.67. The maximum absolute atomic E-state index is 12.2. The summed E-state index contributed by atoms with van der Waals surface area (Å²) in [4.78, 5) is 26.4. The molecule has 0 bridgehead atoms. The lowest BCUT2D eigenvalue weighted by Crippen LogP contribution is -2.48. The molecular weight excluding hydrogens is 298 g/mol. The van der Waals surface area contributed by atoms with Crippen molar-refractivity contribution in [2.45, 2.75) is 45.4 Å². The maximum atomic E-state index is 12.2. The van der Waals surface area contributed by atoms with E-state index in [1.165, 1.54) is 5.57 Å². The van der Waals surface area contributed by atoms with Crippen molar-refractivity contribution in [1.82, 2.24) is 4.90 Å². The summed E-state index contributed by atoms with van der Waals surface area (Å²) in [6, 6.07) is 0. The number of ketones is 2. The van der Waals surface area contributed by atoms with Crippen molar-refractivity contribution in [2.75, 3.05) is 20.6 Å². The summed E-state index contributed by atoms with van der Waals surface area (Å²) in [6.07, 6.45) is 6.50. The molecule has 2 fully saturated rings. The van der Waals surface area contributed by atoms with Crippen LogP contribution in [0.15, 0.2) is 23.8 Å². The van der Waals surface area contributed by atoms with Crippen LogP contribution in [0.1, 0.15) is 45.4 Å². The fourth-order valence-electron chi connectivity index (χ4n) is 4.87. The third-order valence-corrected chi connectivity index (χ3v) is 6.24. The highest BCUT2D eigenvalue weighted by Crippen LogP contribution is 2.62. The van der Waals surface area contributed by atoms with Gasteiger partial charge in [-0.2, -0.15) is 0 Å². The van der Waals surface area contributed by atoms with Gasteiger partial charge in [0.15, 0.2) is 11.6 Å². The van der Waals surface area contributed by atoms with Gasteiger partial charge in [-0.15, -0.1) is 0 Å². The predicted octanol–water partition coefficient (Wildman–Crippen LogP) is 3.16. The van der Waals surface area contributed by atoms with Gasteiger partial charge in [0.25, 0.3) is 0 Å². The molecule has 3 rings (SSSR count). The molecule has 3 heteroatoms. The first-order chi connectivity index (χ1) is 11.3. The lowest BCUT2D eigenvalue weighted by atomic mass is 9.48. The summed E-state index contributed by atoms with van der Waals surface area (Å²) in [5, 5.41) is 0. The van der Waals surface area contributed by atoms with Gasteiger partial charge in [0.1, 0.15) is 0 Å². The number of nitrogens with zero attached hydrogens (tertiary/aromatic N) is 1. The second-order valence-electron chi connectivity index (χ2n) is 8.10. The average Bonchev–Trinajstić information content (AvgIpc) is 2.52. The molecule has 2 saturated carbocycles. The van der Waals surface area contributed by atoms with Crippen molar-refractivity contribution < 1.29 is 9.59 Å². The number of fused-ring (bicyclic) bond motifs is 3. The monoisotopic (exact) mass is 325 g/mol. The number of carbonyl (C=O) groups excluding carboxylic acids is 2. The maximum Gasteiger partial charge on any atom is 0.158 e. The summed E-state index contributed by atoms with van der Waals surface area (Å²) in [5.74, 6) is 7.45. The largest absolute Gasteiger partial charge is 0.299 e. The number of allylic oxidation sites excluding steroid dienone is 3. The van der Waals surface area contributed by atoms with Crippen molar-refractivity contribution in [2.24, 2.45) is 16.7 Å². The number of rotatable bonds is 1. The third-order valence-electron chi connectivity index (χ3n) is 6.24. The molecule has 0 saturated heterocycles. The fraction of sp³-hybridized carbons (Fsp3) is 0.619. The van der Waals surface area contributed by atoms with E-state index in [1.807, 2.05) is 20.2 Å². The Labute approximate surface area is 145 Å². The summed E-state index contributed by atoms with van der Waals surface area (Å²) in [7, 11) is 4.03. The molecular formula is C21H27NO2. The molecule has 3 atom stereocenters. The standard InChI is InChI=1S/C21H27NO2/c1-15-17-7-12-21(9-5-13-22(3)4)11-6-16(23)14-19(21)20(17,2)10-8-18(15)24/h14,17H,1,6-8,10-13H2,2-4H3/t17?,20-,21?/m0/s1. The van der Waals surface area contributed by atoms with E-state index in [1.54, 1.807) is 0 Å². The Bertz CT molecular complexity index is 690. The summed E-state index contributed by atoms with van der Waals surface area (Å²) in [5.41, 5.74) is 1.61. The van der Waals surface area contributed by atoms with E-state index in [4.69, 9.17) is 0 Å². The smallest absolute Gasteiger partial charge is 0.158 e. The number of carbonyl (C=O) groups is 2. The highest BCUT2D eigenvalue weighted by atomic mass is 16.1. The van der Waals surface area contributed by atoms with E-state index in [9.17, 15) is 9.59 Å². The molecule has 0 amide bonds. The van der Waals surface area contributed by atoms with E-state index in [0.29, 0.717) is 12.8 Å². The quantitative estimate of drug-likeness (QED) is 0.549. The van der Waals surface area contributed by atoms with Gasteiger partial charge < -0.3 is 0 Å². The van der Waals surface area contributed by atoms with Crippen molar-refractivity contribution >= 4 is 11.6 Å². The molecule has 0 radical (unpaired) electrons. The van der Waals surface area contributed by atoms with Crippen LogP contribution in [-0.2, 0) is 9.59 Å². The zero-order chi connectivity index (χ0) is 17.5. The van der Waals surface area contributed by atoms with Crippen molar-refractivity contribution in [1.29, 1.82) is 0 Å². The van der Waals surface area contributed by atoms with Crippen LogP contribution < -0.4 is 0 Å². The average molecular weight is 325 g/mol. The van der Waals surface area contributed by atoms with Gasteiger partial charge in [-0.25, -0.2) is 0 Å². The SMILES string of the molecule is C=C1C(=O)CC[C@]2(C)C3=CC(=O)CCC3(C#CCN(C)C)CCC12. The van der Waals surface area contributed by atoms with E-state index in [-0.39, 0.29) is 28.3 Å². The second-order valence-corrected chi connectivity index (χ2v) is 8.10. The molecule has 0 N–H and O–H groups in total. The Morgan fingerprint density at radius 3 is 2.71 bits per heavy atom. The second kappa shape index (κ2) is 6.01. The molecule has 3 aliphatic rings. The summed E-state index contributed by atoms with van der Waals surface area (Å²) < 4.78 is 0. The minimum atomic E-state index is -0.185. The molecule has 0 aromatic rings. The van der Waals surface area contributed by atoms with Crippen molar-refractivity contribution in [3.63, 3.8) is 0 Å². The van der Waals surface area contributed by atoms with E-state index >= 15 is 0 Å². The van der Waals surface area contributed by atoms with Crippen molar-refractivity contribution in [3.05, 3.63) is 23.8 Å². The van der Waals surface area contributed by atoms with Crippen LogP contribution >= 0.6 is 0 Å². The number of hydrogen-bond donors (Lipinski definition) is 0. The van der Waals surface area contributed by atoms with E-state index in [0.717, 1.165) is 37.8 Å². The van der Waals surface area contributed by atoms with Gasteiger partial charge in [0.2, 0.25) is 0 Å². The van der Waals surface area contributed by atoms with Crippen molar-refractivity contribution in [3.8, 4) is 11.8 Å². The minimum absolute atomic E-state index is 0.147. The van der Waals surface area contributed by atoms with Crippen LogP contribution in [0.5, 0.6) is 0 Å². The molecule has 0 aromatic carbocycles. The van der Waals surface area contributed by atoms with E-state index in [2.05, 4.69) is 30.2 Å². The number of hydrogen-bond acceptors (Lipinski definition) is 3. The lowest BCUT2D eigenvalue weighted by Gasteiger charge is -2.55. The van der Waals surface area contributed by atoms with Crippen LogP contribution in [0, 0.1) is 28.6 Å². The van der Waals surface area contributed by atoms with Gasteiger partial charge >= 0.3 is 0 Å². The van der Waals surface area contributed by atoms with Gasteiger partial charge in [-0.05, 0) is 68.3 Å². The van der Waals surface area contributed by atoms with Gasteiger partial charge in [0.05, 0.1) is 12.0 Å². The van der Waals surface area contributed by atoms with Crippen LogP contribution in [-0.4, -0.2) is 37.1 Å². The Kier molecular flexibility index (Phi) is 4.30. The molecule has 2 unspecified atom stereocenters. The molecule has 0 aliphatic heterocycles. The zero-order valence-electron chi connectivity index (χ0n) is 15.1. The first-order valence-corrected chi connectivity index (χ1v) is 8.91. The molecule has 0 aromatic heterocycles. The van der Waals surface area contributed by atoms with E-state index < -0.39 is 0 Å². The summed E-state index contributed by atoms with van der Waals surface area (Å²) >= 11 is 0. The molecule has 3 nitrogen and oxygen atoms in total. The Hall–Kier alpha value is -1.66. The van der Waals surface area contributed by atoms with Crippen LogP contribution in [0.4, 0.5) is 0 Å². The van der Waals surface area contributed by atoms with Crippen LogP contribution in [0.2, 0.25) is 0 Å². The number of Topliss-reactive ketones (excluding diaryl/α,β-unsaturated/α-hetero) is 1. The lowest BCUT2D eigenvalue weighted by molar-refractivity contribution is -0.119. The zero-order valence-corrected chi connectivity index (χ0v) is 15.1. The molecule has 0 spiro atoms. The normalized spacial score (nSPS) is 35.8. The first kappa shape index (κ1) is 17.2. The topological polar surface area (TPSA) is 37.4 Å². The van der Waals surface area contributed by atoms with Crippen LogP contribution in [0.3, 0.4) is 0 Å². The molecule has 3 aliphatic carbocycles. The highest BCUT2D eigenvalue weighted by Gasteiger charge is 2.55. The Morgan fingerprint density at radius 2 is 2.00 bits per heavy atom. The fourth-order valence-corrected chi connectivity index (χ4v) is 4.87. The Morgan fingerprint density at radius 1 is 1.25 bits per heavy atom. The van der Waals surface area contributed by atoms with Gasteiger partial charge in [0, 0.05) is 12.8 Å². The summed E-state index contributed by atoms with van der Waals surface area (Å²) in [6.45, 7) is 7.04. The Balaban J connectivity index is 2.04. The predicted molar refractivity (Wildman–Crippen MR) is 95.3 cm³/mol. The van der Waals surface area contributed by atoms with Gasteiger partial charge in [-0.1, -0.05) is 25.3 Å².